The highest BCUT2D eigenvalue weighted by Crippen LogP contribution is 2.28. The van der Waals surface area contributed by atoms with Crippen LogP contribution in [0.15, 0.2) is 36.4 Å². The van der Waals surface area contributed by atoms with Crippen molar-refractivity contribution in [2.24, 2.45) is 5.73 Å². The maximum atomic E-state index is 6.25. The van der Waals surface area contributed by atoms with Gasteiger partial charge in [0.2, 0.25) is 0 Å². The van der Waals surface area contributed by atoms with Crippen LogP contribution < -0.4 is 10.5 Å². The minimum atomic E-state index is 0.112. The van der Waals surface area contributed by atoms with E-state index in [0.29, 0.717) is 0 Å². The standard InChI is InChI=1S/C20H25N3O/c1-5-16(21)12-23-19-11-14(3)13(2)10-18(19)22-20(23)15-6-8-17(24-4)9-7-15/h6-11,16H,5,12,21H2,1-4H3. The first-order valence-electron chi connectivity index (χ1n) is 8.41. The lowest BCUT2D eigenvalue weighted by atomic mass is 10.1. The zero-order valence-electron chi connectivity index (χ0n) is 14.8. The number of hydrogen-bond donors (Lipinski definition) is 1. The number of ether oxygens (including phenoxy) is 1. The summed E-state index contributed by atoms with van der Waals surface area (Å²) in [6, 6.07) is 12.5. The number of benzene rings is 2. The number of aromatic nitrogens is 2. The molecule has 0 saturated carbocycles. The summed E-state index contributed by atoms with van der Waals surface area (Å²) >= 11 is 0. The van der Waals surface area contributed by atoms with E-state index >= 15 is 0 Å². The molecule has 0 aliphatic heterocycles. The first-order chi connectivity index (χ1) is 11.5. The van der Waals surface area contributed by atoms with Gasteiger partial charge in [-0.25, -0.2) is 4.98 Å². The van der Waals surface area contributed by atoms with Crippen molar-refractivity contribution in [2.45, 2.75) is 39.8 Å². The molecule has 0 spiro atoms. The summed E-state index contributed by atoms with van der Waals surface area (Å²) < 4.78 is 7.51. The Bertz CT molecular complexity index is 849. The van der Waals surface area contributed by atoms with Crippen molar-refractivity contribution in [3.8, 4) is 17.1 Å². The lowest BCUT2D eigenvalue weighted by Gasteiger charge is -2.14. The SMILES string of the molecule is CCC(N)Cn1c(-c2ccc(OC)cc2)nc2cc(C)c(C)cc21. The molecular weight excluding hydrogens is 298 g/mol. The summed E-state index contributed by atoms with van der Waals surface area (Å²) in [6.45, 7) is 7.14. The largest absolute Gasteiger partial charge is 0.497 e. The summed E-state index contributed by atoms with van der Waals surface area (Å²) in [5.74, 6) is 1.81. The molecule has 4 heteroatoms. The predicted octanol–water partition coefficient (Wildman–Crippen LogP) is 4.07. The number of nitrogens with zero attached hydrogens (tertiary/aromatic N) is 2. The van der Waals surface area contributed by atoms with Gasteiger partial charge in [0.15, 0.2) is 0 Å². The van der Waals surface area contributed by atoms with Gasteiger partial charge in [-0.2, -0.15) is 0 Å². The predicted molar refractivity (Wildman–Crippen MR) is 99.5 cm³/mol. The van der Waals surface area contributed by atoms with Crippen molar-refractivity contribution >= 4 is 11.0 Å². The Hall–Kier alpha value is -2.33. The van der Waals surface area contributed by atoms with Crippen molar-refractivity contribution in [3.05, 3.63) is 47.5 Å². The normalized spacial score (nSPS) is 12.5. The summed E-state index contributed by atoms with van der Waals surface area (Å²) in [4.78, 5) is 4.89. The number of imidazole rings is 1. The van der Waals surface area contributed by atoms with Crippen LogP contribution >= 0.6 is 0 Å². The van der Waals surface area contributed by atoms with E-state index in [-0.39, 0.29) is 6.04 Å². The molecule has 0 bridgehead atoms. The van der Waals surface area contributed by atoms with Crippen LogP contribution in [0.1, 0.15) is 24.5 Å². The molecule has 24 heavy (non-hydrogen) atoms. The third-order valence-electron chi connectivity index (χ3n) is 4.65. The van der Waals surface area contributed by atoms with E-state index in [1.54, 1.807) is 7.11 Å². The van der Waals surface area contributed by atoms with E-state index < -0.39 is 0 Å². The molecule has 1 unspecified atom stereocenters. The third kappa shape index (κ3) is 3.02. The second-order valence-electron chi connectivity index (χ2n) is 6.37. The van der Waals surface area contributed by atoms with Crippen LogP contribution in [-0.4, -0.2) is 22.7 Å². The monoisotopic (exact) mass is 323 g/mol. The molecule has 0 radical (unpaired) electrons. The Labute approximate surface area is 143 Å². The van der Waals surface area contributed by atoms with Crippen molar-refractivity contribution in [1.29, 1.82) is 0 Å². The Morgan fingerprint density at radius 3 is 2.42 bits per heavy atom. The van der Waals surface area contributed by atoms with Gasteiger partial charge in [0, 0.05) is 18.2 Å². The third-order valence-corrected chi connectivity index (χ3v) is 4.65. The van der Waals surface area contributed by atoms with Gasteiger partial charge in [0.1, 0.15) is 11.6 Å². The number of fused-ring (bicyclic) bond motifs is 1. The zero-order chi connectivity index (χ0) is 17.3. The molecule has 2 aromatic carbocycles. The van der Waals surface area contributed by atoms with Crippen LogP contribution in [0.25, 0.3) is 22.4 Å². The van der Waals surface area contributed by atoms with Gasteiger partial charge in [-0.05, 0) is 67.8 Å². The summed E-state index contributed by atoms with van der Waals surface area (Å²) in [7, 11) is 1.68. The van der Waals surface area contributed by atoms with Gasteiger partial charge < -0.3 is 15.0 Å². The highest BCUT2D eigenvalue weighted by Gasteiger charge is 2.15. The van der Waals surface area contributed by atoms with Crippen LogP contribution in [0.5, 0.6) is 5.75 Å². The van der Waals surface area contributed by atoms with E-state index in [2.05, 4.69) is 37.5 Å². The van der Waals surface area contributed by atoms with Crippen LogP contribution in [-0.2, 0) is 6.54 Å². The Kier molecular flexibility index (Phi) is 4.58. The lowest BCUT2D eigenvalue weighted by molar-refractivity contribution is 0.415. The van der Waals surface area contributed by atoms with E-state index in [1.807, 2.05) is 24.3 Å². The fraction of sp³-hybridized carbons (Fsp3) is 0.350. The van der Waals surface area contributed by atoms with Crippen molar-refractivity contribution < 1.29 is 4.74 Å². The second-order valence-corrected chi connectivity index (χ2v) is 6.37. The molecule has 0 saturated heterocycles. The van der Waals surface area contributed by atoms with Gasteiger partial charge in [0.05, 0.1) is 18.1 Å². The average molecular weight is 323 g/mol. The summed E-state index contributed by atoms with van der Waals surface area (Å²) in [5, 5.41) is 0. The lowest BCUT2D eigenvalue weighted by Crippen LogP contribution is -2.25. The summed E-state index contributed by atoms with van der Waals surface area (Å²) in [6.07, 6.45) is 0.937. The minimum Gasteiger partial charge on any atom is -0.497 e. The molecule has 4 nitrogen and oxygen atoms in total. The molecule has 0 amide bonds. The van der Waals surface area contributed by atoms with Gasteiger partial charge in [-0.3, -0.25) is 0 Å². The van der Waals surface area contributed by atoms with E-state index in [9.17, 15) is 0 Å². The average Bonchev–Trinajstić information content (AvgIpc) is 2.93. The molecule has 0 fully saturated rings. The smallest absolute Gasteiger partial charge is 0.141 e. The Morgan fingerprint density at radius 1 is 1.12 bits per heavy atom. The molecule has 0 aliphatic carbocycles. The van der Waals surface area contributed by atoms with Crippen LogP contribution in [0.3, 0.4) is 0 Å². The quantitative estimate of drug-likeness (QED) is 0.770. The van der Waals surface area contributed by atoms with Crippen molar-refractivity contribution in [1.82, 2.24) is 9.55 Å². The van der Waals surface area contributed by atoms with Gasteiger partial charge in [0.25, 0.3) is 0 Å². The number of hydrogen-bond acceptors (Lipinski definition) is 3. The van der Waals surface area contributed by atoms with Crippen LogP contribution in [0.2, 0.25) is 0 Å². The van der Waals surface area contributed by atoms with Gasteiger partial charge in [-0.15, -0.1) is 0 Å². The number of rotatable bonds is 5. The first-order valence-corrected chi connectivity index (χ1v) is 8.41. The molecule has 0 aliphatic rings. The molecule has 1 atom stereocenters. The van der Waals surface area contributed by atoms with Gasteiger partial charge in [-0.1, -0.05) is 6.92 Å². The van der Waals surface area contributed by atoms with E-state index in [0.717, 1.165) is 41.1 Å². The Morgan fingerprint density at radius 2 is 1.79 bits per heavy atom. The van der Waals surface area contributed by atoms with Crippen molar-refractivity contribution in [2.75, 3.05) is 7.11 Å². The number of nitrogens with two attached hydrogens (primary N) is 1. The molecule has 1 heterocycles. The molecule has 126 valence electrons. The van der Waals surface area contributed by atoms with Crippen molar-refractivity contribution in [3.63, 3.8) is 0 Å². The fourth-order valence-electron chi connectivity index (χ4n) is 2.89. The highest BCUT2D eigenvalue weighted by atomic mass is 16.5. The molecule has 3 aromatic rings. The first kappa shape index (κ1) is 16.5. The van der Waals surface area contributed by atoms with E-state index in [4.69, 9.17) is 15.5 Å². The molecule has 1 aromatic heterocycles. The number of aryl methyl sites for hydroxylation is 2. The molecular formula is C20H25N3O. The number of methoxy groups -OCH3 is 1. The maximum Gasteiger partial charge on any atom is 0.141 e. The molecule has 3 rings (SSSR count). The second kappa shape index (κ2) is 6.65. The highest BCUT2D eigenvalue weighted by molar-refractivity contribution is 5.82. The fourth-order valence-corrected chi connectivity index (χ4v) is 2.89. The topological polar surface area (TPSA) is 53.1 Å². The summed E-state index contributed by atoms with van der Waals surface area (Å²) in [5.41, 5.74) is 12.0. The van der Waals surface area contributed by atoms with E-state index in [1.165, 1.54) is 11.1 Å². The maximum absolute atomic E-state index is 6.25. The van der Waals surface area contributed by atoms with Crippen LogP contribution in [0.4, 0.5) is 0 Å². The molecule has 2 N–H and O–H groups in total. The Balaban J connectivity index is 2.18. The van der Waals surface area contributed by atoms with Crippen LogP contribution in [0, 0.1) is 13.8 Å². The minimum absolute atomic E-state index is 0.112. The zero-order valence-corrected chi connectivity index (χ0v) is 14.8. The van der Waals surface area contributed by atoms with Gasteiger partial charge >= 0.3 is 0 Å².